The number of nitrogens with one attached hydrogen (secondary N) is 1. The van der Waals surface area contributed by atoms with Crippen molar-refractivity contribution < 1.29 is 14.2 Å². The van der Waals surface area contributed by atoms with Crippen molar-refractivity contribution in [2.24, 2.45) is 0 Å². The molecule has 0 aromatic heterocycles. The second kappa shape index (κ2) is 7.99. The summed E-state index contributed by atoms with van der Waals surface area (Å²) in [6.07, 6.45) is 0. The number of fused-ring (bicyclic) bond motifs is 1. The van der Waals surface area contributed by atoms with Crippen molar-refractivity contribution in [3.63, 3.8) is 0 Å². The lowest BCUT2D eigenvalue weighted by Gasteiger charge is -2.14. The number of halogens is 2. The van der Waals surface area contributed by atoms with Crippen LogP contribution in [0.1, 0.15) is 11.1 Å². The largest absolute Gasteiger partial charge is 0.489 e. The summed E-state index contributed by atoms with van der Waals surface area (Å²) in [4.78, 5) is 0. The first kappa shape index (κ1) is 17.8. The van der Waals surface area contributed by atoms with Gasteiger partial charge in [0.05, 0.1) is 0 Å². The molecule has 1 aliphatic heterocycles. The van der Waals surface area contributed by atoms with Crippen molar-refractivity contribution in [2.45, 2.75) is 13.2 Å². The van der Waals surface area contributed by atoms with Gasteiger partial charge in [-0.3, -0.25) is 0 Å². The summed E-state index contributed by atoms with van der Waals surface area (Å²) in [7, 11) is 0. The molecule has 27 heavy (non-hydrogen) atoms. The van der Waals surface area contributed by atoms with Gasteiger partial charge in [-0.15, -0.1) is 0 Å². The molecule has 0 fully saturated rings. The highest BCUT2D eigenvalue weighted by atomic mass is 35.5. The van der Waals surface area contributed by atoms with Crippen LogP contribution in [0, 0.1) is 0 Å². The van der Waals surface area contributed by atoms with E-state index in [1.807, 2.05) is 60.7 Å². The Bertz CT molecular complexity index is 945. The molecule has 0 amide bonds. The van der Waals surface area contributed by atoms with Gasteiger partial charge in [0, 0.05) is 33.9 Å². The quantitative estimate of drug-likeness (QED) is 0.556. The van der Waals surface area contributed by atoms with Gasteiger partial charge in [-0.2, -0.15) is 0 Å². The van der Waals surface area contributed by atoms with Crippen LogP contribution in [-0.2, 0) is 13.2 Å². The molecule has 1 heterocycles. The number of ether oxygens (including phenoxy) is 3. The summed E-state index contributed by atoms with van der Waals surface area (Å²) < 4.78 is 16.7. The molecule has 138 valence electrons. The Morgan fingerprint density at radius 1 is 0.852 bits per heavy atom. The molecule has 3 aromatic carbocycles. The fraction of sp³-hybridized carbons (Fsp3) is 0.143. The van der Waals surface area contributed by atoms with Crippen molar-refractivity contribution in [2.75, 3.05) is 12.1 Å². The highest BCUT2D eigenvalue weighted by Gasteiger charge is 2.13. The van der Waals surface area contributed by atoms with E-state index in [0.29, 0.717) is 23.2 Å². The van der Waals surface area contributed by atoms with Gasteiger partial charge >= 0.3 is 0 Å². The molecular formula is C21H17Cl2NO3. The summed E-state index contributed by atoms with van der Waals surface area (Å²) >= 11 is 12.1. The Morgan fingerprint density at radius 3 is 2.48 bits per heavy atom. The molecule has 0 unspecified atom stereocenters. The molecular weight excluding hydrogens is 385 g/mol. The zero-order valence-corrected chi connectivity index (χ0v) is 15.9. The van der Waals surface area contributed by atoms with E-state index >= 15 is 0 Å². The lowest BCUT2D eigenvalue weighted by Crippen LogP contribution is -2.04. The molecule has 0 aliphatic carbocycles. The van der Waals surface area contributed by atoms with Crippen LogP contribution in [0.5, 0.6) is 17.2 Å². The van der Waals surface area contributed by atoms with Gasteiger partial charge in [-0.1, -0.05) is 35.3 Å². The maximum atomic E-state index is 6.18. The Morgan fingerprint density at radius 2 is 1.63 bits per heavy atom. The van der Waals surface area contributed by atoms with Crippen molar-refractivity contribution in [3.8, 4) is 17.2 Å². The molecule has 4 nitrogen and oxygen atoms in total. The lowest BCUT2D eigenvalue weighted by molar-refractivity contribution is 0.174. The number of hydrogen-bond donors (Lipinski definition) is 1. The number of rotatable bonds is 6. The normalized spacial score (nSPS) is 12.1. The van der Waals surface area contributed by atoms with Crippen LogP contribution < -0.4 is 19.5 Å². The zero-order valence-electron chi connectivity index (χ0n) is 14.4. The Labute approximate surface area is 167 Å². The van der Waals surface area contributed by atoms with E-state index in [1.165, 1.54) is 0 Å². The van der Waals surface area contributed by atoms with Gasteiger partial charge < -0.3 is 19.5 Å². The molecule has 6 heteroatoms. The molecule has 3 aromatic rings. The highest BCUT2D eigenvalue weighted by molar-refractivity contribution is 6.30. The van der Waals surface area contributed by atoms with Gasteiger partial charge in [0.15, 0.2) is 11.5 Å². The smallest absolute Gasteiger partial charge is 0.231 e. The van der Waals surface area contributed by atoms with E-state index in [2.05, 4.69) is 5.32 Å². The first-order valence-electron chi connectivity index (χ1n) is 8.46. The van der Waals surface area contributed by atoms with E-state index in [1.54, 1.807) is 0 Å². The first-order valence-corrected chi connectivity index (χ1v) is 9.22. The first-order chi connectivity index (χ1) is 13.2. The topological polar surface area (TPSA) is 39.7 Å². The number of benzene rings is 3. The Hall–Kier alpha value is -2.56. The Kier molecular flexibility index (Phi) is 5.28. The van der Waals surface area contributed by atoms with Gasteiger partial charge in [-0.25, -0.2) is 0 Å². The van der Waals surface area contributed by atoms with Gasteiger partial charge in [0.25, 0.3) is 0 Å². The predicted molar refractivity (Wildman–Crippen MR) is 107 cm³/mol. The molecule has 0 atom stereocenters. The molecule has 0 saturated carbocycles. The third-order valence-electron chi connectivity index (χ3n) is 4.19. The molecule has 0 saturated heterocycles. The van der Waals surface area contributed by atoms with Gasteiger partial charge in [-0.05, 0) is 48.0 Å². The van der Waals surface area contributed by atoms with Crippen molar-refractivity contribution in [1.29, 1.82) is 0 Å². The van der Waals surface area contributed by atoms with Crippen LogP contribution in [0.25, 0.3) is 0 Å². The second-order valence-corrected chi connectivity index (χ2v) is 6.96. The molecule has 0 bridgehead atoms. The van der Waals surface area contributed by atoms with E-state index in [0.717, 1.165) is 34.1 Å². The molecule has 4 rings (SSSR count). The van der Waals surface area contributed by atoms with Crippen molar-refractivity contribution in [3.05, 3.63) is 81.8 Å². The van der Waals surface area contributed by atoms with Crippen LogP contribution in [-0.4, -0.2) is 6.79 Å². The fourth-order valence-electron chi connectivity index (χ4n) is 2.77. The molecule has 1 N–H and O–H groups in total. The monoisotopic (exact) mass is 401 g/mol. The summed E-state index contributed by atoms with van der Waals surface area (Å²) in [6.45, 7) is 1.28. The van der Waals surface area contributed by atoms with Crippen molar-refractivity contribution >= 4 is 28.9 Å². The van der Waals surface area contributed by atoms with E-state index in [-0.39, 0.29) is 6.79 Å². The molecule has 0 radical (unpaired) electrons. The summed E-state index contributed by atoms with van der Waals surface area (Å²) in [5, 5.41) is 4.74. The van der Waals surface area contributed by atoms with Crippen LogP contribution in [0.3, 0.4) is 0 Å². The summed E-state index contributed by atoms with van der Waals surface area (Å²) in [5.41, 5.74) is 2.95. The number of hydrogen-bond acceptors (Lipinski definition) is 4. The van der Waals surface area contributed by atoms with E-state index in [9.17, 15) is 0 Å². The lowest BCUT2D eigenvalue weighted by atomic mass is 10.2. The van der Waals surface area contributed by atoms with Crippen LogP contribution >= 0.6 is 23.2 Å². The van der Waals surface area contributed by atoms with Crippen molar-refractivity contribution in [1.82, 2.24) is 0 Å². The van der Waals surface area contributed by atoms with Gasteiger partial charge in [0.2, 0.25) is 6.79 Å². The third-order valence-corrected chi connectivity index (χ3v) is 4.67. The third kappa shape index (κ3) is 4.41. The summed E-state index contributed by atoms with van der Waals surface area (Å²) in [5.74, 6) is 2.28. The predicted octanol–water partition coefficient (Wildman–Crippen LogP) is 5.91. The molecule has 1 aliphatic rings. The highest BCUT2D eigenvalue weighted by Crippen LogP contribution is 2.34. The van der Waals surface area contributed by atoms with Crippen LogP contribution in [0.15, 0.2) is 60.7 Å². The zero-order chi connectivity index (χ0) is 18.6. The number of anilines is 1. The average Bonchev–Trinajstić information content (AvgIpc) is 3.15. The van der Waals surface area contributed by atoms with E-state index in [4.69, 9.17) is 37.4 Å². The average molecular weight is 402 g/mol. The second-order valence-electron chi connectivity index (χ2n) is 6.09. The SMILES string of the molecule is Clc1ccc(COc2ccc(Cl)cc2CNc2ccc3c(c2)OCO3)cc1. The standard InChI is InChI=1S/C21H17Cl2NO3/c22-16-3-1-14(2-4-16)12-25-19-7-5-17(23)9-15(19)11-24-18-6-8-20-21(10-18)27-13-26-20/h1-10,24H,11-13H2. The van der Waals surface area contributed by atoms with Crippen LogP contribution in [0.2, 0.25) is 10.0 Å². The van der Waals surface area contributed by atoms with Gasteiger partial charge in [0.1, 0.15) is 12.4 Å². The fourth-order valence-corrected chi connectivity index (χ4v) is 3.09. The van der Waals surface area contributed by atoms with Crippen LogP contribution in [0.4, 0.5) is 5.69 Å². The maximum Gasteiger partial charge on any atom is 0.231 e. The maximum absolute atomic E-state index is 6.18. The summed E-state index contributed by atoms with van der Waals surface area (Å²) in [6, 6.07) is 19.0. The minimum Gasteiger partial charge on any atom is -0.489 e. The minimum absolute atomic E-state index is 0.260. The van der Waals surface area contributed by atoms with E-state index < -0.39 is 0 Å². The minimum atomic E-state index is 0.260. The Balaban J connectivity index is 1.45. The molecule has 0 spiro atoms.